The van der Waals surface area contributed by atoms with E-state index in [-0.39, 0.29) is 16.0 Å². The Bertz CT molecular complexity index is 875. The molecule has 0 aliphatic carbocycles. The van der Waals surface area contributed by atoms with E-state index in [2.05, 4.69) is 15.3 Å². The van der Waals surface area contributed by atoms with Crippen molar-refractivity contribution in [2.75, 3.05) is 13.2 Å². The average molecular weight is 339 g/mol. The maximum atomic E-state index is 11.9. The van der Waals surface area contributed by atoms with Gasteiger partial charge < -0.3 is 9.47 Å². The SMILES string of the molecule is Cc1n[nH]c(=S)n(/N=C\c2cc(Cl)c3c(c2)OCCO3)c1=O. The van der Waals surface area contributed by atoms with Gasteiger partial charge in [-0.25, -0.2) is 0 Å². The van der Waals surface area contributed by atoms with Crippen molar-refractivity contribution >= 4 is 30.0 Å². The Balaban J connectivity index is 2.01. The molecule has 0 atom stereocenters. The predicted molar refractivity (Wildman–Crippen MR) is 83.9 cm³/mol. The minimum Gasteiger partial charge on any atom is -0.486 e. The van der Waals surface area contributed by atoms with Gasteiger partial charge in [0.15, 0.2) is 11.5 Å². The Kier molecular flexibility index (Phi) is 3.95. The van der Waals surface area contributed by atoms with Crippen LogP contribution in [0.1, 0.15) is 11.3 Å². The van der Waals surface area contributed by atoms with E-state index in [1.54, 1.807) is 19.1 Å². The number of benzene rings is 1. The highest BCUT2D eigenvalue weighted by Gasteiger charge is 2.16. The fourth-order valence-electron chi connectivity index (χ4n) is 1.91. The summed E-state index contributed by atoms with van der Waals surface area (Å²) in [5.74, 6) is 1.06. The summed E-state index contributed by atoms with van der Waals surface area (Å²) in [4.78, 5) is 11.9. The first-order valence-electron chi connectivity index (χ1n) is 6.38. The van der Waals surface area contributed by atoms with E-state index >= 15 is 0 Å². The second-order valence-corrected chi connectivity index (χ2v) is 5.30. The summed E-state index contributed by atoms with van der Waals surface area (Å²) < 4.78 is 12.1. The first-order chi connectivity index (χ1) is 10.6. The zero-order valence-corrected chi connectivity index (χ0v) is 13.1. The summed E-state index contributed by atoms with van der Waals surface area (Å²) in [5, 5.41) is 10.8. The molecule has 0 fully saturated rings. The van der Waals surface area contributed by atoms with Crippen molar-refractivity contribution in [3.05, 3.63) is 43.5 Å². The minimum atomic E-state index is -0.386. The molecule has 0 spiro atoms. The van der Waals surface area contributed by atoms with Crippen LogP contribution in [0.5, 0.6) is 11.5 Å². The summed E-state index contributed by atoms with van der Waals surface area (Å²) in [7, 11) is 0. The monoisotopic (exact) mass is 338 g/mol. The maximum absolute atomic E-state index is 11.9. The molecule has 9 heteroatoms. The Morgan fingerprint density at radius 1 is 1.45 bits per heavy atom. The second-order valence-electron chi connectivity index (χ2n) is 4.50. The van der Waals surface area contributed by atoms with E-state index in [1.165, 1.54) is 6.21 Å². The number of aryl methyl sites for hydroxylation is 1. The third kappa shape index (κ3) is 2.75. The van der Waals surface area contributed by atoms with E-state index in [0.29, 0.717) is 35.3 Å². The molecule has 22 heavy (non-hydrogen) atoms. The normalized spacial score (nSPS) is 13.5. The molecular weight excluding hydrogens is 328 g/mol. The lowest BCUT2D eigenvalue weighted by Crippen LogP contribution is -2.22. The Labute approximate surface area is 135 Å². The number of hydrogen-bond acceptors (Lipinski definition) is 6. The Morgan fingerprint density at radius 3 is 3.05 bits per heavy atom. The minimum absolute atomic E-state index is 0.107. The third-order valence-electron chi connectivity index (χ3n) is 2.95. The summed E-state index contributed by atoms with van der Waals surface area (Å²) in [6, 6.07) is 3.40. The number of nitrogens with zero attached hydrogens (tertiary/aromatic N) is 3. The van der Waals surface area contributed by atoms with Crippen molar-refractivity contribution < 1.29 is 9.47 Å². The Morgan fingerprint density at radius 2 is 2.23 bits per heavy atom. The topological polar surface area (TPSA) is 81.5 Å². The number of nitrogens with one attached hydrogen (secondary N) is 1. The smallest absolute Gasteiger partial charge is 0.296 e. The van der Waals surface area contributed by atoms with Gasteiger partial charge in [0.05, 0.1) is 11.2 Å². The van der Waals surface area contributed by atoms with Crippen LogP contribution in [0.4, 0.5) is 0 Å². The summed E-state index contributed by atoms with van der Waals surface area (Å²) >= 11 is 11.1. The number of fused-ring (bicyclic) bond motifs is 1. The average Bonchev–Trinajstić information content (AvgIpc) is 2.51. The molecule has 114 valence electrons. The van der Waals surface area contributed by atoms with Crippen molar-refractivity contribution in [2.45, 2.75) is 6.92 Å². The number of aromatic nitrogens is 3. The molecule has 0 saturated heterocycles. The first kappa shape index (κ1) is 14.7. The molecule has 0 radical (unpaired) electrons. The standard InChI is InChI=1S/C13H11ClN4O3S/c1-7-12(19)18(13(22)17-16-7)15-6-8-4-9(14)11-10(5-8)20-2-3-21-11/h4-6H,2-3H2,1H3,(H,17,22)/b15-6-. The number of ether oxygens (including phenoxy) is 2. The lowest BCUT2D eigenvalue weighted by molar-refractivity contribution is 0.171. The van der Waals surface area contributed by atoms with Crippen molar-refractivity contribution in [2.24, 2.45) is 5.10 Å². The molecule has 2 heterocycles. The highest BCUT2D eigenvalue weighted by atomic mass is 35.5. The predicted octanol–water partition coefficient (Wildman–Crippen LogP) is 1.92. The van der Waals surface area contributed by atoms with Crippen LogP contribution in [0, 0.1) is 11.7 Å². The van der Waals surface area contributed by atoms with E-state index in [9.17, 15) is 4.79 Å². The summed E-state index contributed by atoms with van der Waals surface area (Å²) in [6.45, 7) is 2.49. The lowest BCUT2D eigenvalue weighted by atomic mass is 10.2. The largest absolute Gasteiger partial charge is 0.486 e. The van der Waals surface area contributed by atoms with Gasteiger partial charge >= 0.3 is 0 Å². The van der Waals surface area contributed by atoms with E-state index in [4.69, 9.17) is 33.3 Å². The molecule has 1 N–H and O–H groups in total. The number of aromatic amines is 1. The number of hydrogen-bond donors (Lipinski definition) is 1. The fraction of sp³-hybridized carbons (Fsp3) is 0.231. The molecule has 1 aromatic heterocycles. The van der Waals surface area contributed by atoms with Crippen LogP contribution < -0.4 is 15.0 Å². The van der Waals surface area contributed by atoms with Gasteiger partial charge in [0.25, 0.3) is 5.56 Å². The van der Waals surface area contributed by atoms with Crippen LogP contribution in [-0.4, -0.2) is 34.3 Å². The van der Waals surface area contributed by atoms with Crippen LogP contribution in [0.3, 0.4) is 0 Å². The zero-order chi connectivity index (χ0) is 15.7. The number of H-pyrrole nitrogens is 1. The van der Waals surface area contributed by atoms with Gasteiger partial charge in [0.1, 0.15) is 18.9 Å². The van der Waals surface area contributed by atoms with Gasteiger partial charge in [-0.2, -0.15) is 14.9 Å². The molecule has 0 saturated carbocycles. The highest BCUT2D eigenvalue weighted by molar-refractivity contribution is 7.71. The Hall–Kier alpha value is -2.19. The van der Waals surface area contributed by atoms with E-state index in [0.717, 1.165) is 4.68 Å². The molecule has 2 aromatic rings. The molecule has 1 aromatic carbocycles. The molecule has 1 aliphatic rings. The van der Waals surface area contributed by atoms with Gasteiger partial charge in [-0.15, -0.1) is 0 Å². The molecule has 0 amide bonds. The molecule has 7 nitrogen and oxygen atoms in total. The van der Waals surface area contributed by atoms with E-state index in [1.807, 2.05) is 0 Å². The lowest BCUT2D eigenvalue weighted by Gasteiger charge is -2.19. The molecular formula is C13H11ClN4O3S. The van der Waals surface area contributed by atoms with Gasteiger partial charge in [-0.3, -0.25) is 9.89 Å². The quantitative estimate of drug-likeness (QED) is 0.668. The van der Waals surface area contributed by atoms with Gasteiger partial charge in [0, 0.05) is 0 Å². The number of rotatable bonds is 2. The van der Waals surface area contributed by atoms with Gasteiger partial charge in [-0.1, -0.05) is 11.6 Å². The van der Waals surface area contributed by atoms with Crippen LogP contribution >= 0.6 is 23.8 Å². The van der Waals surface area contributed by atoms with Gasteiger partial charge in [-0.05, 0) is 36.8 Å². The molecule has 0 unspecified atom stereocenters. The highest BCUT2D eigenvalue weighted by Crippen LogP contribution is 2.37. The molecule has 0 bridgehead atoms. The zero-order valence-electron chi connectivity index (χ0n) is 11.5. The summed E-state index contributed by atoms with van der Waals surface area (Å²) in [5.41, 5.74) is 0.541. The number of halogens is 1. The third-order valence-corrected chi connectivity index (χ3v) is 3.50. The molecule has 3 rings (SSSR count). The van der Waals surface area contributed by atoms with Crippen molar-refractivity contribution in [3.63, 3.8) is 0 Å². The van der Waals surface area contributed by atoms with E-state index < -0.39 is 0 Å². The second kappa shape index (κ2) is 5.90. The summed E-state index contributed by atoms with van der Waals surface area (Å²) in [6.07, 6.45) is 1.47. The maximum Gasteiger partial charge on any atom is 0.296 e. The molecule has 1 aliphatic heterocycles. The first-order valence-corrected chi connectivity index (χ1v) is 7.17. The van der Waals surface area contributed by atoms with Crippen molar-refractivity contribution in [3.8, 4) is 11.5 Å². The fourth-order valence-corrected chi connectivity index (χ4v) is 2.36. The van der Waals surface area contributed by atoms with Crippen LogP contribution in [0.15, 0.2) is 22.0 Å². The van der Waals surface area contributed by atoms with Gasteiger partial charge in [0.2, 0.25) is 4.77 Å². The van der Waals surface area contributed by atoms with Crippen molar-refractivity contribution in [1.82, 2.24) is 14.9 Å². The van der Waals surface area contributed by atoms with Crippen molar-refractivity contribution in [1.29, 1.82) is 0 Å². The van der Waals surface area contributed by atoms with Crippen LogP contribution in [-0.2, 0) is 0 Å². The van der Waals surface area contributed by atoms with Crippen LogP contribution in [0.2, 0.25) is 5.02 Å². The van der Waals surface area contributed by atoms with Crippen LogP contribution in [0.25, 0.3) is 0 Å².